The fourth-order valence-electron chi connectivity index (χ4n) is 3.27. The van der Waals surface area contributed by atoms with E-state index in [2.05, 4.69) is 19.1 Å². The molecule has 0 fully saturated rings. The summed E-state index contributed by atoms with van der Waals surface area (Å²) in [6.07, 6.45) is 8.12. The highest BCUT2D eigenvalue weighted by atomic mass is 16.5. The first-order valence-corrected chi connectivity index (χ1v) is 10.6. The molecule has 162 valence electrons. The van der Waals surface area contributed by atoms with Crippen molar-refractivity contribution in [1.82, 2.24) is 0 Å². The van der Waals surface area contributed by atoms with E-state index >= 15 is 0 Å². The average molecular weight is 411 g/mol. The van der Waals surface area contributed by atoms with Gasteiger partial charge in [-0.3, -0.25) is 0 Å². The molecule has 0 aliphatic heterocycles. The molecule has 0 unspecified atom stereocenters. The third-order valence-electron chi connectivity index (χ3n) is 5.53. The molecular formula is C26H34O4. The van der Waals surface area contributed by atoms with Gasteiger partial charge in [-0.1, -0.05) is 63.3 Å². The van der Waals surface area contributed by atoms with Gasteiger partial charge in [-0.25, -0.2) is 0 Å². The minimum Gasteiger partial charge on any atom is -0.489 e. The predicted molar refractivity (Wildman–Crippen MR) is 122 cm³/mol. The molecule has 0 bridgehead atoms. The first-order chi connectivity index (χ1) is 14.5. The summed E-state index contributed by atoms with van der Waals surface area (Å²) in [5.41, 5.74) is 3.89. The van der Waals surface area contributed by atoms with Gasteiger partial charge in [-0.2, -0.15) is 0 Å². The molecule has 2 rings (SSSR count). The van der Waals surface area contributed by atoms with E-state index in [-0.39, 0.29) is 13.2 Å². The number of allylic oxidation sites excluding steroid dienone is 3. The van der Waals surface area contributed by atoms with Crippen molar-refractivity contribution >= 4 is 5.57 Å². The lowest BCUT2D eigenvalue weighted by Crippen LogP contribution is -2.22. The molecule has 2 aromatic carbocycles. The van der Waals surface area contributed by atoms with Gasteiger partial charge in [0.1, 0.15) is 12.4 Å². The zero-order valence-corrected chi connectivity index (χ0v) is 18.3. The zero-order chi connectivity index (χ0) is 22.0. The van der Waals surface area contributed by atoms with Crippen LogP contribution in [0.2, 0.25) is 0 Å². The summed E-state index contributed by atoms with van der Waals surface area (Å²) in [5.74, 6) is 0.770. The lowest BCUT2D eigenvalue weighted by Gasteiger charge is -2.20. The monoisotopic (exact) mass is 410 g/mol. The topological polar surface area (TPSA) is 69.9 Å². The van der Waals surface area contributed by atoms with Crippen LogP contribution in [0.25, 0.3) is 5.57 Å². The maximum atomic E-state index is 10.4. The Morgan fingerprint density at radius 1 is 0.967 bits per heavy atom. The Labute approximate surface area is 180 Å². The third-order valence-corrected chi connectivity index (χ3v) is 5.53. The molecule has 4 nitrogen and oxygen atoms in total. The van der Waals surface area contributed by atoms with Crippen LogP contribution in [0.15, 0.2) is 60.7 Å². The van der Waals surface area contributed by atoms with Crippen LogP contribution in [0.1, 0.15) is 62.3 Å². The molecule has 0 saturated carbocycles. The molecule has 0 saturated heterocycles. The van der Waals surface area contributed by atoms with Gasteiger partial charge in [0.2, 0.25) is 0 Å². The normalized spacial score (nSPS) is 12.5. The fraction of sp³-hybridized carbons (Fsp3) is 0.385. The summed E-state index contributed by atoms with van der Waals surface area (Å²) < 4.78 is 5.96. The van der Waals surface area contributed by atoms with Crippen LogP contribution < -0.4 is 4.74 Å². The van der Waals surface area contributed by atoms with Crippen molar-refractivity contribution in [2.75, 3.05) is 0 Å². The number of hydrogen-bond donors (Lipinski definition) is 3. The van der Waals surface area contributed by atoms with Crippen LogP contribution in [0.5, 0.6) is 5.75 Å². The summed E-state index contributed by atoms with van der Waals surface area (Å²) in [7, 11) is 0. The van der Waals surface area contributed by atoms with Crippen molar-refractivity contribution in [3.8, 4) is 5.75 Å². The van der Waals surface area contributed by atoms with Crippen LogP contribution in [-0.2, 0) is 19.8 Å². The van der Waals surface area contributed by atoms with Crippen LogP contribution in [0, 0.1) is 0 Å². The van der Waals surface area contributed by atoms with Gasteiger partial charge in [-0.05, 0) is 65.3 Å². The highest BCUT2D eigenvalue weighted by Crippen LogP contribution is 2.24. The molecule has 30 heavy (non-hydrogen) atoms. The zero-order valence-electron chi connectivity index (χ0n) is 18.3. The highest BCUT2D eigenvalue weighted by Gasteiger charge is 2.16. The lowest BCUT2D eigenvalue weighted by molar-refractivity contribution is 0.0828. The molecule has 0 aromatic heterocycles. The second-order valence-corrected chi connectivity index (χ2v) is 7.45. The van der Waals surface area contributed by atoms with E-state index in [1.165, 1.54) is 5.57 Å². The van der Waals surface area contributed by atoms with Crippen LogP contribution in [0.3, 0.4) is 0 Å². The number of rotatable bonds is 11. The maximum absolute atomic E-state index is 10.4. The summed E-state index contributed by atoms with van der Waals surface area (Å²) >= 11 is 0. The standard InChI is InChI=1S/C26H34O4/c1-4-21(10-8-14-26(29,5-2)6-3)22-9-7-11-25(16-22)30-19-20-12-13-23(17-27)24(15-20)18-28/h7-16,27-29H,4-6,17-19H2,1-3H3/b14-8+,21-10?. The van der Waals surface area contributed by atoms with E-state index in [0.29, 0.717) is 19.4 Å². The van der Waals surface area contributed by atoms with Gasteiger partial charge in [-0.15, -0.1) is 0 Å². The first-order valence-electron chi connectivity index (χ1n) is 10.6. The Bertz CT molecular complexity index is 863. The van der Waals surface area contributed by atoms with Gasteiger partial charge >= 0.3 is 0 Å². The second kappa shape index (κ2) is 11.7. The Kier molecular flexibility index (Phi) is 9.31. The number of aliphatic hydroxyl groups is 3. The van der Waals surface area contributed by atoms with E-state index in [0.717, 1.165) is 34.4 Å². The largest absolute Gasteiger partial charge is 0.489 e. The van der Waals surface area contributed by atoms with E-state index < -0.39 is 5.60 Å². The molecule has 0 radical (unpaired) electrons. The maximum Gasteiger partial charge on any atom is 0.120 e. The van der Waals surface area contributed by atoms with Crippen LogP contribution >= 0.6 is 0 Å². The molecule has 0 heterocycles. The van der Waals surface area contributed by atoms with Gasteiger partial charge < -0.3 is 20.1 Å². The van der Waals surface area contributed by atoms with E-state index in [9.17, 15) is 15.3 Å². The Hall–Kier alpha value is -2.40. The Morgan fingerprint density at radius 3 is 2.33 bits per heavy atom. The van der Waals surface area contributed by atoms with Gasteiger partial charge in [0.05, 0.1) is 18.8 Å². The summed E-state index contributed by atoms with van der Waals surface area (Å²) in [6, 6.07) is 13.6. The predicted octanol–water partition coefficient (Wildman–Crippen LogP) is 5.15. The summed E-state index contributed by atoms with van der Waals surface area (Å²) in [5, 5.41) is 29.2. The van der Waals surface area contributed by atoms with Gasteiger partial charge in [0.25, 0.3) is 0 Å². The van der Waals surface area contributed by atoms with Crippen molar-refractivity contribution in [3.05, 3.63) is 82.9 Å². The fourth-order valence-corrected chi connectivity index (χ4v) is 3.27. The lowest BCUT2D eigenvalue weighted by atomic mass is 9.96. The second-order valence-electron chi connectivity index (χ2n) is 7.45. The van der Waals surface area contributed by atoms with Crippen molar-refractivity contribution in [3.63, 3.8) is 0 Å². The van der Waals surface area contributed by atoms with Crippen molar-refractivity contribution in [1.29, 1.82) is 0 Å². The molecule has 0 atom stereocenters. The van der Waals surface area contributed by atoms with Crippen molar-refractivity contribution in [2.24, 2.45) is 0 Å². The van der Waals surface area contributed by atoms with Gasteiger partial charge in [0, 0.05) is 0 Å². The van der Waals surface area contributed by atoms with Crippen LogP contribution in [0.4, 0.5) is 0 Å². The molecule has 0 aliphatic carbocycles. The number of ether oxygens (including phenoxy) is 1. The molecule has 2 aromatic rings. The Balaban J connectivity index is 2.13. The Morgan fingerprint density at radius 2 is 1.70 bits per heavy atom. The van der Waals surface area contributed by atoms with E-state index in [4.69, 9.17) is 4.74 Å². The van der Waals surface area contributed by atoms with Crippen LogP contribution in [-0.4, -0.2) is 20.9 Å². The molecule has 3 N–H and O–H groups in total. The number of aliphatic hydroxyl groups excluding tert-OH is 2. The van der Waals surface area contributed by atoms with Crippen molar-refractivity contribution < 1.29 is 20.1 Å². The first kappa shape index (κ1) is 23.9. The molecule has 4 heteroatoms. The van der Waals surface area contributed by atoms with Gasteiger partial charge in [0.15, 0.2) is 0 Å². The smallest absolute Gasteiger partial charge is 0.120 e. The minimum atomic E-state index is -0.751. The summed E-state index contributed by atoms with van der Waals surface area (Å²) in [4.78, 5) is 0. The highest BCUT2D eigenvalue weighted by molar-refractivity contribution is 5.68. The summed E-state index contributed by atoms with van der Waals surface area (Å²) in [6.45, 7) is 6.27. The van der Waals surface area contributed by atoms with E-state index in [1.54, 1.807) is 0 Å². The number of hydrogen-bond acceptors (Lipinski definition) is 4. The van der Waals surface area contributed by atoms with E-state index in [1.807, 2.05) is 62.4 Å². The molecule has 0 aliphatic rings. The minimum absolute atomic E-state index is 0.0897. The van der Waals surface area contributed by atoms with Crippen molar-refractivity contribution in [2.45, 2.75) is 65.5 Å². The quantitative estimate of drug-likeness (QED) is 0.448. The SMILES string of the molecule is CCC(=C/C=C/C(O)(CC)CC)c1cccc(OCc2ccc(CO)c(CO)c2)c1. The molecule has 0 amide bonds. The average Bonchev–Trinajstić information content (AvgIpc) is 2.80. The molecule has 0 spiro atoms. The third kappa shape index (κ3) is 6.56. The number of benzene rings is 2. The molecular weight excluding hydrogens is 376 g/mol.